The van der Waals surface area contributed by atoms with Crippen molar-refractivity contribution in [2.45, 2.75) is 51.5 Å². The molecule has 3 heteroatoms. The highest BCUT2D eigenvalue weighted by atomic mass is 16.1. The van der Waals surface area contributed by atoms with Crippen molar-refractivity contribution in [3.8, 4) is 0 Å². The number of anilines is 1. The van der Waals surface area contributed by atoms with E-state index >= 15 is 0 Å². The van der Waals surface area contributed by atoms with Gasteiger partial charge in [-0.15, -0.1) is 0 Å². The van der Waals surface area contributed by atoms with Crippen LogP contribution in [0.2, 0.25) is 0 Å². The number of rotatable bonds is 4. The highest BCUT2D eigenvalue weighted by molar-refractivity contribution is 5.88. The molecule has 1 aromatic carbocycles. The van der Waals surface area contributed by atoms with Crippen LogP contribution < -0.4 is 11.1 Å². The summed E-state index contributed by atoms with van der Waals surface area (Å²) < 4.78 is 0. The third kappa shape index (κ3) is 3.09. The highest BCUT2D eigenvalue weighted by Gasteiger charge is 2.39. The number of hydrogen-bond acceptors (Lipinski definition) is 2. The highest BCUT2D eigenvalue weighted by Crippen LogP contribution is 2.36. The number of amides is 1. The van der Waals surface area contributed by atoms with Crippen molar-refractivity contribution in [2.24, 2.45) is 11.7 Å². The molecule has 0 bridgehead atoms. The molecule has 1 aliphatic carbocycles. The molecule has 1 fully saturated rings. The van der Waals surface area contributed by atoms with Crippen LogP contribution in [0.3, 0.4) is 0 Å². The predicted molar refractivity (Wildman–Crippen MR) is 79.0 cm³/mol. The molecule has 0 unspecified atom stereocenters. The smallest absolute Gasteiger partial charge is 0.243 e. The summed E-state index contributed by atoms with van der Waals surface area (Å²) in [5.74, 6) is 0.523. The van der Waals surface area contributed by atoms with Gasteiger partial charge in [0.25, 0.3) is 0 Å². The van der Waals surface area contributed by atoms with E-state index < -0.39 is 5.54 Å². The zero-order chi connectivity index (χ0) is 13.9. The van der Waals surface area contributed by atoms with Crippen LogP contribution in [0, 0.1) is 12.8 Å². The third-order valence-electron chi connectivity index (χ3n) is 4.41. The lowest BCUT2D eigenvalue weighted by molar-refractivity contribution is -0.123. The van der Waals surface area contributed by atoms with Gasteiger partial charge in [0, 0.05) is 5.69 Å². The van der Waals surface area contributed by atoms with E-state index in [1.165, 1.54) is 12.0 Å². The molecule has 3 nitrogen and oxygen atoms in total. The van der Waals surface area contributed by atoms with Gasteiger partial charge in [-0.05, 0) is 56.2 Å². The third-order valence-corrected chi connectivity index (χ3v) is 4.41. The molecular weight excluding hydrogens is 236 g/mol. The van der Waals surface area contributed by atoms with Gasteiger partial charge in [-0.2, -0.15) is 0 Å². The van der Waals surface area contributed by atoms with Crippen molar-refractivity contribution in [3.63, 3.8) is 0 Å². The van der Waals surface area contributed by atoms with E-state index in [0.717, 1.165) is 37.3 Å². The Morgan fingerprint density at radius 1 is 1.42 bits per heavy atom. The summed E-state index contributed by atoms with van der Waals surface area (Å²) in [7, 11) is 0. The topological polar surface area (TPSA) is 55.1 Å². The molecule has 3 N–H and O–H groups in total. The average Bonchev–Trinajstić information content (AvgIpc) is 2.39. The summed E-state index contributed by atoms with van der Waals surface area (Å²) in [5, 5.41) is 3.40. The molecule has 1 aromatic rings. The van der Waals surface area contributed by atoms with E-state index in [1.54, 1.807) is 0 Å². The van der Waals surface area contributed by atoms with Gasteiger partial charge >= 0.3 is 0 Å². The fraction of sp³-hybridized carbons (Fsp3) is 0.562. The molecule has 19 heavy (non-hydrogen) atoms. The molecule has 1 aliphatic rings. The summed E-state index contributed by atoms with van der Waals surface area (Å²) in [4.78, 5) is 11.9. The minimum absolute atomic E-state index is 0.219. The molecule has 0 heterocycles. The molecular formula is C16H24N2O. The monoisotopic (exact) mass is 260 g/mol. The number of carbonyl (C=O) groups is 1. The van der Waals surface area contributed by atoms with Gasteiger partial charge in [-0.3, -0.25) is 4.79 Å². The van der Waals surface area contributed by atoms with Crippen LogP contribution in [-0.2, 0) is 4.79 Å². The van der Waals surface area contributed by atoms with Crippen molar-refractivity contribution in [2.75, 3.05) is 5.32 Å². The Labute approximate surface area is 115 Å². The maximum Gasteiger partial charge on any atom is 0.243 e. The van der Waals surface area contributed by atoms with Crippen LogP contribution >= 0.6 is 0 Å². The Morgan fingerprint density at radius 2 is 2.11 bits per heavy atom. The fourth-order valence-electron chi connectivity index (χ4n) is 3.01. The maximum atomic E-state index is 11.9. The SMILES string of the molecule is CCC1CCC(Nc2cccc(C)c2)(C(N)=O)CC1. The second kappa shape index (κ2) is 5.64. The number of nitrogens with one attached hydrogen (secondary N) is 1. The van der Waals surface area contributed by atoms with Crippen molar-refractivity contribution >= 4 is 11.6 Å². The normalized spacial score (nSPS) is 26.9. The Morgan fingerprint density at radius 3 is 2.63 bits per heavy atom. The Balaban J connectivity index is 2.15. The van der Waals surface area contributed by atoms with E-state index in [2.05, 4.69) is 31.3 Å². The fourth-order valence-corrected chi connectivity index (χ4v) is 3.01. The van der Waals surface area contributed by atoms with Crippen molar-refractivity contribution in [1.29, 1.82) is 0 Å². The Bertz CT molecular complexity index is 448. The number of nitrogens with two attached hydrogens (primary N) is 1. The molecule has 104 valence electrons. The van der Waals surface area contributed by atoms with Gasteiger partial charge in [0.05, 0.1) is 0 Å². The summed E-state index contributed by atoms with van der Waals surface area (Å²) in [6, 6.07) is 8.13. The largest absolute Gasteiger partial charge is 0.371 e. The quantitative estimate of drug-likeness (QED) is 0.873. The first kappa shape index (κ1) is 13.9. The van der Waals surface area contributed by atoms with Gasteiger partial charge in [-0.25, -0.2) is 0 Å². The summed E-state index contributed by atoms with van der Waals surface area (Å²) in [6.07, 6.45) is 5.04. The number of benzene rings is 1. The van der Waals surface area contributed by atoms with E-state index in [-0.39, 0.29) is 5.91 Å². The van der Waals surface area contributed by atoms with Crippen LogP contribution in [-0.4, -0.2) is 11.4 Å². The van der Waals surface area contributed by atoms with Crippen LogP contribution in [0.15, 0.2) is 24.3 Å². The lowest BCUT2D eigenvalue weighted by Crippen LogP contribution is -2.52. The molecule has 0 saturated heterocycles. The molecule has 0 radical (unpaired) electrons. The van der Waals surface area contributed by atoms with Crippen molar-refractivity contribution < 1.29 is 4.79 Å². The first-order valence-electron chi connectivity index (χ1n) is 7.20. The first-order chi connectivity index (χ1) is 9.05. The van der Waals surface area contributed by atoms with Crippen molar-refractivity contribution in [3.05, 3.63) is 29.8 Å². The zero-order valence-electron chi connectivity index (χ0n) is 11.9. The van der Waals surface area contributed by atoms with Crippen LogP contribution in [0.1, 0.15) is 44.6 Å². The van der Waals surface area contributed by atoms with Gasteiger partial charge in [-0.1, -0.05) is 25.5 Å². The predicted octanol–water partition coefficient (Wildman–Crippen LogP) is 3.23. The molecule has 1 amide bonds. The zero-order valence-corrected chi connectivity index (χ0v) is 11.9. The second-order valence-electron chi connectivity index (χ2n) is 5.79. The van der Waals surface area contributed by atoms with Crippen molar-refractivity contribution in [1.82, 2.24) is 0 Å². The average molecular weight is 260 g/mol. The molecule has 0 aromatic heterocycles. The minimum atomic E-state index is -0.556. The number of aryl methyl sites for hydroxylation is 1. The number of carbonyl (C=O) groups excluding carboxylic acids is 1. The molecule has 0 aliphatic heterocycles. The van der Waals surface area contributed by atoms with Crippen LogP contribution in [0.5, 0.6) is 0 Å². The lowest BCUT2D eigenvalue weighted by Gasteiger charge is -2.39. The van der Waals surface area contributed by atoms with E-state index in [0.29, 0.717) is 0 Å². The summed E-state index contributed by atoms with van der Waals surface area (Å²) in [5.41, 5.74) is 7.30. The van der Waals surface area contributed by atoms with Gasteiger partial charge in [0.1, 0.15) is 5.54 Å². The Kier molecular flexibility index (Phi) is 4.13. The van der Waals surface area contributed by atoms with E-state index in [4.69, 9.17) is 5.73 Å². The number of hydrogen-bond donors (Lipinski definition) is 2. The summed E-state index contributed by atoms with van der Waals surface area (Å²) >= 11 is 0. The molecule has 2 rings (SSSR count). The van der Waals surface area contributed by atoms with Gasteiger partial charge < -0.3 is 11.1 Å². The number of primary amides is 1. The summed E-state index contributed by atoms with van der Waals surface area (Å²) in [6.45, 7) is 4.27. The first-order valence-corrected chi connectivity index (χ1v) is 7.20. The van der Waals surface area contributed by atoms with E-state index in [9.17, 15) is 4.79 Å². The van der Waals surface area contributed by atoms with Crippen LogP contribution in [0.25, 0.3) is 0 Å². The minimum Gasteiger partial charge on any atom is -0.371 e. The van der Waals surface area contributed by atoms with Crippen LogP contribution in [0.4, 0.5) is 5.69 Å². The molecule has 0 atom stereocenters. The standard InChI is InChI=1S/C16H24N2O/c1-3-13-7-9-16(10-8-13,15(17)19)18-14-6-4-5-12(2)11-14/h4-6,11,13,18H,3,7-10H2,1-2H3,(H2,17,19). The maximum absolute atomic E-state index is 11.9. The van der Waals surface area contributed by atoms with Gasteiger partial charge in [0.15, 0.2) is 0 Å². The molecule has 1 saturated carbocycles. The van der Waals surface area contributed by atoms with E-state index in [1.807, 2.05) is 12.1 Å². The molecule has 0 spiro atoms. The Hall–Kier alpha value is -1.51. The second-order valence-corrected chi connectivity index (χ2v) is 5.79. The lowest BCUT2D eigenvalue weighted by atomic mass is 9.75. The van der Waals surface area contributed by atoms with Gasteiger partial charge in [0.2, 0.25) is 5.91 Å².